The molecule has 0 aliphatic rings. The zero-order chi connectivity index (χ0) is 14.8. The largest absolute Gasteiger partial charge is 0.494 e. The molecule has 5 heteroatoms. The van der Waals surface area contributed by atoms with Gasteiger partial charge in [-0.3, -0.25) is 0 Å². The standard InChI is InChI=1S/C15H22F3NO/c1-2-9-19-10-4-3-5-11-20-14-8-6-7-13(12-14)15(16,17)18/h6-8,12,19H,2-5,9-11H2,1H3. The van der Waals surface area contributed by atoms with Crippen molar-refractivity contribution in [2.24, 2.45) is 0 Å². The number of unbranched alkanes of at least 4 members (excludes halogenated alkanes) is 2. The van der Waals surface area contributed by atoms with Crippen LogP contribution in [0.15, 0.2) is 24.3 Å². The van der Waals surface area contributed by atoms with Gasteiger partial charge in [0, 0.05) is 0 Å². The van der Waals surface area contributed by atoms with Gasteiger partial charge in [-0.1, -0.05) is 13.0 Å². The minimum absolute atomic E-state index is 0.281. The first-order valence-electron chi connectivity index (χ1n) is 7.05. The summed E-state index contributed by atoms with van der Waals surface area (Å²) >= 11 is 0. The summed E-state index contributed by atoms with van der Waals surface area (Å²) in [5.41, 5.74) is -0.668. The molecular formula is C15H22F3NO. The molecule has 0 amide bonds. The quantitative estimate of drug-likeness (QED) is 0.686. The van der Waals surface area contributed by atoms with Gasteiger partial charge in [0.2, 0.25) is 0 Å². The molecule has 0 saturated carbocycles. The lowest BCUT2D eigenvalue weighted by molar-refractivity contribution is -0.137. The Labute approximate surface area is 118 Å². The molecule has 114 valence electrons. The van der Waals surface area contributed by atoms with Crippen LogP contribution in [0.4, 0.5) is 13.2 Å². The highest BCUT2D eigenvalue weighted by atomic mass is 19.4. The van der Waals surface area contributed by atoms with Crippen LogP contribution in [0.5, 0.6) is 5.75 Å². The van der Waals surface area contributed by atoms with Crippen LogP contribution in [0.25, 0.3) is 0 Å². The molecule has 20 heavy (non-hydrogen) atoms. The van der Waals surface area contributed by atoms with Crippen molar-refractivity contribution >= 4 is 0 Å². The second-order valence-corrected chi connectivity index (χ2v) is 4.68. The first-order valence-corrected chi connectivity index (χ1v) is 7.05. The molecule has 1 aromatic carbocycles. The van der Waals surface area contributed by atoms with Gasteiger partial charge in [-0.05, 0) is 57.0 Å². The molecule has 0 fully saturated rings. The molecule has 0 aliphatic heterocycles. The van der Waals surface area contributed by atoms with E-state index in [9.17, 15) is 13.2 Å². The van der Waals surface area contributed by atoms with Gasteiger partial charge in [0.1, 0.15) is 5.75 Å². The second-order valence-electron chi connectivity index (χ2n) is 4.68. The number of ether oxygens (including phenoxy) is 1. The Morgan fingerprint density at radius 2 is 1.90 bits per heavy atom. The number of rotatable bonds is 9. The molecular weight excluding hydrogens is 267 g/mol. The molecule has 0 spiro atoms. The van der Waals surface area contributed by atoms with E-state index in [1.54, 1.807) is 6.07 Å². The minimum Gasteiger partial charge on any atom is -0.494 e. The molecule has 0 atom stereocenters. The van der Waals surface area contributed by atoms with Gasteiger partial charge in [-0.2, -0.15) is 13.2 Å². The molecule has 2 nitrogen and oxygen atoms in total. The molecule has 0 bridgehead atoms. The van der Waals surface area contributed by atoms with Gasteiger partial charge in [0.05, 0.1) is 12.2 Å². The maximum absolute atomic E-state index is 12.5. The van der Waals surface area contributed by atoms with Gasteiger partial charge in [0.15, 0.2) is 0 Å². The average Bonchev–Trinajstić information content (AvgIpc) is 2.41. The predicted octanol–water partition coefficient (Wildman–Crippen LogP) is 4.25. The zero-order valence-corrected chi connectivity index (χ0v) is 11.8. The smallest absolute Gasteiger partial charge is 0.416 e. The fourth-order valence-corrected chi connectivity index (χ4v) is 1.78. The van der Waals surface area contributed by atoms with Crippen molar-refractivity contribution in [2.45, 2.75) is 38.8 Å². The number of hydrogen-bond acceptors (Lipinski definition) is 2. The maximum atomic E-state index is 12.5. The Hall–Kier alpha value is -1.23. The molecule has 0 aliphatic carbocycles. The third-order valence-electron chi connectivity index (χ3n) is 2.85. The van der Waals surface area contributed by atoms with Gasteiger partial charge >= 0.3 is 6.18 Å². The van der Waals surface area contributed by atoms with Crippen molar-refractivity contribution in [1.82, 2.24) is 5.32 Å². The number of benzene rings is 1. The predicted molar refractivity (Wildman–Crippen MR) is 74.0 cm³/mol. The van der Waals surface area contributed by atoms with Crippen LogP contribution in [0, 0.1) is 0 Å². The molecule has 1 N–H and O–H groups in total. The summed E-state index contributed by atoms with van der Waals surface area (Å²) in [6.45, 7) is 4.59. The van der Waals surface area contributed by atoms with Crippen LogP contribution in [0.3, 0.4) is 0 Å². The summed E-state index contributed by atoms with van der Waals surface area (Å²) in [4.78, 5) is 0. The van der Waals surface area contributed by atoms with E-state index in [-0.39, 0.29) is 5.75 Å². The Balaban J connectivity index is 2.19. The van der Waals surface area contributed by atoms with E-state index in [2.05, 4.69) is 12.2 Å². The number of halogens is 3. The average molecular weight is 289 g/mol. The Kier molecular flexibility index (Phi) is 7.44. The number of hydrogen-bond donors (Lipinski definition) is 1. The molecule has 0 radical (unpaired) electrons. The van der Waals surface area contributed by atoms with Crippen molar-refractivity contribution in [2.75, 3.05) is 19.7 Å². The van der Waals surface area contributed by atoms with Crippen molar-refractivity contribution in [3.63, 3.8) is 0 Å². The van der Waals surface area contributed by atoms with Crippen molar-refractivity contribution < 1.29 is 17.9 Å². The van der Waals surface area contributed by atoms with E-state index in [1.165, 1.54) is 6.07 Å². The van der Waals surface area contributed by atoms with Crippen LogP contribution >= 0.6 is 0 Å². The van der Waals surface area contributed by atoms with Crippen molar-refractivity contribution in [3.05, 3.63) is 29.8 Å². The van der Waals surface area contributed by atoms with Gasteiger partial charge in [0.25, 0.3) is 0 Å². The summed E-state index contributed by atoms with van der Waals surface area (Å²) in [6, 6.07) is 5.01. The highest BCUT2D eigenvalue weighted by molar-refractivity contribution is 5.30. The molecule has 0 saturated heterocycles. The van der Waals surface area contributed by atoms with E-state index in [0.717, 1.165) is 50.9 Å². The second kappa shape index (κ2) is 8.84. The lowest BCUT2D eigenvalue weighted by atomic mass is 10.2. The van der Waals surface area contributed by atoms with Gasteiger partial charge in [-0.15, -0.1) is 0 Å². The van der Waals surface area contributed by atoms with Crippen molar-refractivity contribution in [1.29, 1.82) is 0 Å². The third-order valence-corrected chi connectivity index (χ3v) is 2.85. The van der Waals surface area contributed by atoms with Crippen LogP contribution < -0.4 is 10.1 Å². The summed E-state index contributed by atoms with van der Waals surface area (Å²) in [5, 5.41) is 3.30. The third kappa shape index (κ3) is 6.80. The fraction of sp³-hybridized carbons (Fsp3) is 0.600. The Bertz CT molecular complexity index is 380. The van der Waals surface area contributed by atoms with Crippen LogP contribution in [-0.4, -0.2) is 19.7 Å². The molecule has 0 aromatic heterocycles. The van der Waals surface area contributed by atoms with E-state index >= 15 is 0 Å². The topological polar surface area (TPSA) is 21.3 Å². The highest BCUT2D eigenvalue weighted by Gasteiger charge is 2.30. The summed E-state index contributed by atoms with van der Waals surface area (Å²) in [5.74, 6) is 0.281. The molecule has 0 unspecified atom stereocenters. The number of alkyl halides is 3. The van der Waals surface area contributed by atoms with E-state index < -0.39 is 11.7 Å². The van der Waals surface area contributed by atoms with Crippen LogP contribution in [0.2, 0.25) is 0 Å². The fourth-order valence-electron chi connectivity index (χ4n) is 1.78. The summed E-state index contributed by atoms with van der Waals surface area (Å²) in [6.07, 6.45) is -0.269. The molecule has 1 rings (SSSR count). The van der Waals surface area contributed by atoms with E-state index in [0.29, 0.717) is 6.61 Å². The van der Waals surface area contributed by atoms with E-state index in [1.807, 2.05) is 0 Å². The first-order chi connectivity index (χ1) is 9.54. The lowest BCUT2D eigenvalue weighted by Crippen LogP contribution is -2.15. The van der Waals surface area contributed by atoms with Crippen molar-refractivity contribution in [3.8, 4) is 5.75 Å². The highest BCUT2D eigenvalue weighted by Crippen LogP contribution is 2.31. The number of nitrogens with one attached hydrogen (secondary N) is 1. The Morgan fingerprint density at radius 3 is 2.60 bits per heavy atom. The molecule has 0 heterocycles. The summed E-state index contributed by atoms with van der Waals surface area (Å²) < 4.78 is 42.8. The lowest BCUT2D eigenvalue weighted by Gasteiger charge is -2.10. The van der Waals surface area contributed by atoms with Crippen LogP contribution in [0.1, 0.15) is 38.2 Å². The monoisotopic (exact) mass is 289 g/mol. The minimum atomic E-state index is -4.32. The first kappa shape index (κ1) is 16.8. The van der Waals surface area contributed by atoms with Gasteiger partial charge in [-0.25, -0.2) is 0 Å². The Morgan fingerprint density at radius 1 is 1.10 bits per heavy atom. The van der Waals surface area contributed by atoms with Gasteiger partial charge < -0.3 is 10.1 Å². The van der Waals surface area contributed by atoms with Crippen LogP contribution in [-0.2, 0) is 6.18 Å². The normalized spacial score (nSPS) is 11.6. The zero-order valence-electron chi connectivity index (χ0n) is 11.8. The SMILES string of the molecule is CCCNCCCCCOc1cccc(C(F)(F)F)c1. The van der Waals surface area contributed by atoms with E-state index in [4.69, 9.17) is 4.74 Å². The summed E-state index contributed by atoms with van der Waals surface area (Å²) in [7, 11) is 0. The molecule has 1 aromatic rings. The maximum Gasteiger partial charge on any atom is 0.416 e.